The maximum Gasteiger partial charge on any atom is 0.258 e. The van der Waals surface area contributed by atoms with Gasteiger partial charge in [-0.1, -0.05) is 12.1 Å². The molecule has 3 nitrogen and oxygen atoms in total. The molecule has 0 bridgehead atoms. The fourth-order valence-corrected chi connectivity index (χ4v) is 2.38. The van der Waals surface area contributed by atoms with E-state index in [0.717, 1.165) is 12.1 Å². The van der Waals surface area contributed by atoms with E-state index in [-0.39, 0.29) is 12.1 Å². The van der Waals surface area contributed by atoms with Gasteiger partial charge in [-0.25, -0.2) is 13.2 Å². The highest BCUT2D eigenvalue weighted by molar-refractivity contribution is 6.06. The molecule has 1 aromatic heterocycles. The van der Waals surface area contributed by atoms with Crippen LogP contribution in [0.4, 0.5) is 18.9 Å². The number of halogens is 3. The molecule has 6 heteroatoms. The molecule has 126 valence electrons. The standard InChI is InChI=1S/C19H13F3N2O/c20-15-4-1-5-16(10-15)24(12-13-3-2-8-23-11-13)19(25)14-6-7-17(21)18(22)9-14/h1-11H,12H2. The largest absolute Gasteiger partial charge is 0.304 e. The number of aromatic nitrogens is 1. The Morgan fingerprint density at radius 1 is 0.960 bits per heavy atom. The molecule has 0 spiro atoms. The number of benzene rings is 2. The Labute approximate surface area is 142 Å². The highest BCUT2D eigenvalue weighted by Gasteiger charge is 2.20. The minimum atomic E-state index is -1.12. The van der Waals surface area contributed by atoms with E-state index in [4.69, 9.17) is 0 Å². The van der Waals surface area contributed by atoms with Crippen LogP contribution < -0.4 is 4.90 Å². The van der Waals surface area contributed by atoms with Gasteiger partial charge in [0, 0.05) is 23.6 Å². The van der Waals surface area contributed by atoms with Gasteiger partial charge in [0.2, 0.25) is 0 Å². The Bertz CT molecular complexity index is 900. The minimum Gasteiger partial charge on any atom is -0.304 e. The molecule has 0 aliphatic rings. The van der Waals surface area contributed by atoms with Gasteiger partial charge in [-0.15, -0.1) is 0 Å². The molecule has 1 heterocycles. The van der Waals surface area contributed by atoms with E-state index in [9.17, 15) is 18.0 Å². The molecule has 25 heavy (non-hydrogen) atoms. The van der Waals surface area contributed by atoms with Gasteiger partial charge in [0.25, 0.3) is 5.91 Å². The van der Waals surface area contributed by atoms with Crippen LogP contribution >= 0.6 is 0 Å². The van der Waals surface area contributed by atoms with E-state index in [1.807, 2.05) is 0 Å². The van der Waals surface area contributed by atoms with Crippen molar-refractivity contribution in [3.05, 3.63) is 95.6 Å². The average molecular weight is 342 g/mol. The van der Waals surface area contributed by atoms with Gasteiger partial charge >= 0.3 is 0 Å². The van der Waals surface area contributed by atoms with Crippen LogP contribution in [0, 0.1) is 17.5 Å². The fourth-order valence-electron chi connectivity index (χ4n) is 2.38. The molecule has 0 fully saturated rings. The predicted molar refractivity (Wildman–Crippen MR) is 87.5 cm³/mol. The number of pyridine rings is 1. The molecule has 0 saturated carbocycles. The molecule has 0 aliphatic heterocycles. The van der Waals surface area contributed by atoms with Gasteiger partial charge in [0.15, 0.2) is 11.6 Å². The SMILES string of the molecule is O=C(c1ccc(F)c(F)c1)N(Cc1cccnc1)c1cccc(F)c1. The lowest BCUT2D eigenvalue weighted by molar-refractivity contribution is 0.0984. The first-order chi connectivity index (χ1) is 12.0. The van der Waals surface area contributed by atoms with Gasteiger partial charge in [-0.3, -0.25) is 9.78 Å². The summed E-state index contributed by atoms with van der Waals surface area (Å²) in [5, 5.41) is 0. The summed E-state index contributed by atoms with van der Waals surface area (Å²) in [6.45, 7) is 0.106. The normalized spacial score (nSPS) is 10.5. The molecule has 0 atom stereocenters. The molecular formula is C19H13F3N2O. The summed E-state index contributed by atoms with van der Waals surface area (Å²) < 4.78 is 40.2. The van der Waals surface area contributed by atoms with Crippen molar-refractivity contribution in [2.45, 2.75) is 6.54 Å². The lowest BCUT2D eigenvalue weighted by atomic mass is 10.1. The summed E-state index contributed by atoms with van der Waals surface area (Å²) in [4.78, 5) is 18.1. The quantitative estimate of drug-likeness (QED) is 0.706. The van der Waals surface area contributed by atoms with Crippen LogP contribution in [0.3, 0.4) is 0 Å². The molecule has 3 aromatic rings. The van der Waals surface area contributed by atoms with Crippen LogP contribution in [-0.4, -0.2) is 10.9 Å². The number of rotatable bonds is 4. The first kappa shape index (κ1) is 16.7. The molecule has 0 saturated heterocycles. The van der Waals surface area contributed by atoms with E-state index in [1.165, 1.54) is 29.2 Å². The summed E-state index contributed by atoms with van der Waals surface area (Å²) >= 11 is 0. The maximum absolute atomic E-state index is 13.6. The van der Waals surface area contributed by atoms with Crippen molar-refractivity contribution < 1.29 is 18.0 Å². The molecule has 3 rings (SSSR count). The molecule has 0 radical (unpaired) electrons. The Morgan fingerprint density at radius 2 is 1.80 bits per heavy atom. The smallest absolute Gasteiger partial charge is 0.258 e. The van der Waals surface area contributed by atoms with E-state index in [2.05, 4.69) is 4.98 Å². The number of anilines is 1. The lowest BCUT2D eigenvalue weighted by Crippen LogP contribution is -2.30. The second-order valence-electron chi connectivity index (χ2n) is 5.36. The van der Waals surface area contributed by atoms with E-state index in [1.54, 1.807) is 30.6 Å². The van der Waals surface area contributed by atoms with E-state index in [0.29, 0.717) is 11.3 Å². The Morgan fingerprint density at radius 3 is 2.48 bits per heavy atom. The predicted octanol–water partition coefficient (Wildman–Crippen LogP) is 4.35. The molecule has 0 aliphatic carbocycles. The van der Waals surface area contributed by atoms with Gasteiger partial charge in [0.05, 0.1) is 6.54 Å². The monoisotopic (exact) mass is 342 g/mol. The van der Waals surface area contributed by atoms with Crippen LogP contribution in [0.25, 0.3) is 0 Å². The number of carbonyl (C=O) groups excluding carboxylic acids is 1. The highest BCUT2D eigenvalue weighted by Crippen LogP contribution is 2.22. The first-order valence-corrected chi connectivity index (χ1v) is 7.46. The van der Waals surface area contributed by atoms with Crippen molar-refractivity contribution in [3.8, 4) is 0 Å². The third-order valence-corrected chi connectivity index (χ3v) is 3.60. The molecular weight excluding hydrogens is 329 g/mol. The van der Waals surface area contributed by atoms with Crippen molar-refractivity contribution in [1.29, 1.82) is 0 Å². The third-order valence-electron chi connectivity index (χ3n) is 3.60. The zero-order chi connectivity index (χ0) is 17.8. The van der Waals surface area contributed by atoms with Gasteiger partial charge in [-0.05, 0) is 48.0 Å². The summed E-state index contributed by atoms with van der Waals surface area (Å²) in [6, 6.07) is 11.9. The molecule has 2 aromatic carbocycles. The van der Waals surface area contributed by atoms with E-state index >= 15 is 0 Å². The Hall–Kier alpha value is -3.15. The topological polar surface area (TPSA) is 33.2 Å². The summed E-state index contributed by atoms with van der Waals surface area (Å²) in [5.74, 6) is -3.24. The molecule has 0 unspecified atom stereocenters. The Balaban J connectivity index is 2.00. The second kappa shape index (κ2) is 7.17. The number of hydrogen-bond acceptors (Lipinski definition) is 2. The Kier molecular flexibility index (Phi) is 4.79. The number of amides is 1. The van der Waals surface area contributed by atoms with Crippen molar-refractivity contribution in [1.82, 2.24) is 4.98 Å². The van der Waals surface area contributed by atoms with Gasteiger partial charge in [-0.2, -0.15) is 0 Å². The zero-order valence-corrected chi connectivity index (χ0v) is 13.0. The second-order valence-corrected chi connectivity index (χ2v) is 5.36. The summed E-state index contributed by atoms with van der Waals surface area (Å²) in [7, 11) is 0. The van der Waals surface area contributed by atoms with Crippen LogP contribution in [0.2, 0.25) is 0 Å². The number of nitrogens with zero attached hydrogens (tertiary/aromatic N) is 2. The highest BCUT2D eigenvalue weighted by atomic mass is 19.2. The van der Waals surface area contributed by atoms with Crippen molar-refractivity contribution in [2.24, 2.45) is 0 Å². The number of carbonyl (C=O) groups is 1. The summed E-state index contributed by atoms with van der Waals surface area (Å²) in [5.41, 5.74) is 0.980. The number of hydrogen-bond donors (Lipinski definition) is 0. The maximum atomic E-state index is 13.6. The van der Waals surface area contributed by atoms with Crippen LogP contribution in [0.1, 0.15) is 15.9 Å². The van der Waals surface area contributed by atoms with Gasteiger partial charge < -0.3 is 4.90 Å². The molecule has 0 N–H and O–H groups in total. The third kappa shape index (κ3) is 3.85. The minimum absolute atomic E-state index is 0.0351. The fraction of sp³-hybridized carbons (Fsp3) is 0.0526. The van der Waals surface area contributed by atoms with Crippen LogP contribution in [-0.2, 0) is 6.54 Å². The van der Waals surface area contributed by atoms with E-state index < -0.39 is 23.4 Å². The molecule has 1 amide bonds. The average Bonchev–Trinajstić information content (AvgIpc) is 2.62. The van der Waals surface area contributed by atoms with Crippen molar-refractivity contribution in [3.63, 3.8) is 0 Å². The summed E-state index contributed by atoms with van der Waals surface area (Å²) in [6.07, 6.45) is 3.16. The first-order valence-electron chi connectivity index (χ1n) is 7.46. The lowest BCUT2D eigenvalue weighted by Gasteiger charge is -2.23. The zero-order valence-electron chi connectivity index (χ0n) is 13.0. The van der Waals surface area contributed by atoms with Crippen molar-refractivity contribution >= 4 is 11.6 Å². The van der Waals surface area contributed by atoms with Crippen molar-refractivity contribution in [2.75, 3.05) is 4.90 Å². The van der Waals surface area contributed by atoms with Crippen LogP contribution in [0.5, 0.6) is 0 Å². The van der Waals surface area contributed by atoms with Crippen LogP contribution in [0.15, 0.2) is 67.0 Å². The van der Waals surface area contributed by atoms with Gasteiger partial charge in [0.1, 0.15) is 5.82 Å².